The maximum absolute atomic E-state index is 13.1. The van der Waals surface area contributed by atoms with Gasteiger partial charge in [-0.1, -0.05) is 42.1 Å². The third-order valence-electron chi connectivity index (χ3n) is 3.01. The third-order valence-corrected chi connectivity index (χ3v) is 4.86. The van der Waals surface area contributed by atoms with Crippen LogP contribution in [-0.4, -0.2) is 10.9 Å². The van der Waals surface area contributed by atoms with Crippen LogP contribution in [0.4, 0.5) is 10.1 Å². The van der Waals surface area contributed by atoms with Crippen LogP contribution < -0.4 is 5.32 Å². The van der Waals surface area contributed by atoms with Crippen LogP contribution in [0.3, 0.4) is 0 Å². The van der Waals surface area contributed by atoms with E-state index in [2.05, 4.69) is 45.0 Å². The highest BCUT2D eigenvalue weighted by atomic mass is 127. The van der Waals surface area contributed by atoms with Crippen LogP contribution in [0.1, 0.15) is 11.6 Å². The monoisotopic (exact) mass is 398 g/mol. The maximum atomic E-state index is 13.1. The maximum Gasteiger partial charge on any atom is 0.161 e. The number of benzene rings is 2. The van der Waals surface area contributed by atoms with Crippen LogP contribution in [0, 0.1) is 9.39 Å². The summed E-state index contributed by atoms with van der Waals surface area (Å²) in [6.45, 7) is 0. The molecule has 1 heterocycles. The number of amidine groups is 1. The lowest BCUT2D eigenvalue weighted by molar-refractivity contribution is 0.627. The van der Waals surface area contributed by atoms with Crippen molar-refractivity contribution in [1.29, 1.82) is 0 Å². The van der Waals surface area contributed by atoms with Crippen molar-refractivity contribution in [3.63, 3.8) is 0 Å². The molecule has 20 heavy (non-hydrogen) atoms. The SMILES string of the molecule is Fc1ccc(NC2=NC(c3ccccc3)CS2)c(I)c1. The predicted molar refractivity (Wildman–Crippen MR) is 91.8 cm³/mol. The van der Waals surface area contributed by atoms with E-state index in [-0.39, 0.29) is 11.9 Å². The highest BCUT2D eigenvalue weighted by molar-refractivity contribution is 14.1. The second-order valence-corrected chi connectivity index (χ2v) is 6.59. The van der Waals surface area contributed by atoms with Gasteiger partial charge in [-0.2, -0.15) is 0 Å². The average molecular weight is 398 g/mol. The Morgan fingerprint density at radius 3 is 2.75 bits per heavy atom. The van der Waals surface area contributed by atoms with E-state index < -0.39 is 0 Å². The lowest BCUT2D eigenvalue weighted by atomic mass is 10.1. The van der Waals surface area contributed by atoms with Gasteiger partial charge in [-0.3, -0.25) is 4.99 Å². The normalized spacial score (nSPS) is 17.9. The molecule has 0 radical (unpaired) electrons. The van der Waals surface area contributed by atoms with Gasteiger partial charge in [0.1, 0.15) is 5.82 Å². The molecule has 0 amide bonds. The molecule has 0 aliphatic carbocycles. The van der Waals surface area contributed by atoms with Crippen LogP contribution >= 0.6 is 34.4 Å². The van der Waals surface area contributed by atoms with Gasteiger partial charge in [-0.05, 0) is 46.4 Å². The van der Waals surface area contributed by atoms with Crippen molar-refractivity contribution in [1.82, 2.24) is 0 Å². The van der Waals surface area contributed by atoms with Gasteiger partial charge in [0.25, 0.3) is 0 Å². The smallest absolute Gasteiger partial charge is 0.161 e. The van der Waals surface area contributed by atoms with E-state index in [9.17, 15) is 4.39 Å². The zero-order valence-electron chi connectivity index (χ0n) is 10.5. The van der Waals surface area contributed by atoms with Gasteiger partial charge in [-0.15, -0.1) is 0 Å². The summed E-state index contributed by atoms with van der Waals surface area (Å²) >= 11 is 3.82. The minimum Gasteiger partial charge on any atom is -0.334 e. The van der Waals surface area contributed by atoms with E-state index in [1.54, 1.807) is 17.8 Å². The van der Waals surface area contributed by atoms with E-state index in [0.717, 1.165) is 20.2 Å². The molecule has 1 aliphatic heterocycles. The number of halogens is 2. The van der Waals surface area contributed by atoms with Crippen molar-refractivity contribution in [3.8, 4) is 0 Å². The van der Waals surface area contributed by atoms with Gasteiger partial charge in [0, 0.05) is 9.32 Å². The number of aliphatic imine (C=N–C) groups is 1. The number of rotatable bonds is 2. The third kappa shape index (κ3) is 3.15. The van der Waals surface area contributed by atoms with E-state index in [0.29, 0.717) is 0 Å². The Bertz CT molecular complexity index is 646. The Labute approximate surface area is 135 Å². The highest BCUT2D eigenvalue weighted by Gasteiger charge is 2.20. The summed E-state index contributed by atoms with van der Waals surface area (Å²) in [6, 6.07) is 15.2. The summed E-state index contributed by atoms with van der Waals surface area (Å²) in [7, 11) is 0. The fourth-order valence-corrected chi connectivity index (χ4v) is 3.57. The second-order valence-electron chi connectivity index (χ2n) is 4.42. The molecule has 1 unspecified atom stereocenters. The average Bonchev–Trinajstić information content (AvgIpc) is 2.92. The molecule has 0 saturated carbocycles. The predicted octanol–water partition coefficient (Wildman–Crippen LogP) is 4.69. The molecule has 2 aromatic rings. The zero-order chi connectivity index (χ0) is 13.9. The molecule has 102 valence electrons. The number of nitrogens with one attached hydrogen (secondary N) is 1. The summed E-state index contributed by atoms with van der Waals surface area (Å²) in [5.41, 5.74) is 2.12. The lowest BCUT2D eigenvalue weighted by Crippen LogP contribution is -2.06. The first-order valence-corrected chi connectivity index (χ1v) is 8.26. The van der Waals surface area contributed by atoms with Crippen molar-refractivity contribution in [2.45, 2.75) is 6.04 Å². The number of nitrogens with zero attached hydrogens (tertiary/aromatic N) is 1. The van der Waals surface area contributed by atoms with Gasteiger partial charge in [0.05, 0.1) is 11.7 Å². The number of thioether (sulfide) groups is 1. The molecule has 0 fully saturated rings. The second kappa shape index (κ2) is 6.13. The highest BCUT2D eigenvalue weighted by Crippen LogP contribution is 2.31. The molecule has 0 aromatic heterocycles. The zero-order valence-corrected chi connectivity index (χ0v) is 13.5. The molecule has 2 nitrogen and oxygen atoms in total. The van der Waals surface area contributed by atoms with Crippen LogP contribution in [0.25, 0.3) is 0 Å². The topological polar surface area (TPSA) is 24.4 Å². The molecule has 1 atom stereocenters. The largest absolute Gasteiger partial charge is 0.334 e. The number of hydrogen-bond donors (Lipinski definition) is 1. The molecule has 1 aliphatic rings. The van der Waals surface area contributed by atoms with Crippen LogP contribution in [0.2, 0.25) is 0 Å². The van der Waals surface area contributed by atoms with Gasteiger partial charge in [0.15, 0.2) is 5.17 Å². The van der Waals surface area contributed by atoms with Crippen LogP contribution in [-0.2, 0) is 0 Å². The van der Waals surface area contributed by atoms with E-state index in [1.165, 1.54) is 17.7 Å². The van der Waals surface area contributed by atoms with Crippen LogP contribution in [0.15, 0.2) is 53.5 Å². The molecule has 5 heteroatoms. The quantitative estimate of drug-likeness (QED) is 0.743. The summed E-state index contributed by atoms with van der Waals surface area (Å²) in [6.07, 6.45) is 0. The lowest BCUT2D eigenvalue weighted by Gasteiger charge is -2.07. The summed E-state index contributed by atoms with van der Waals surface area (Å²) < 4.78 is 13.9. The Morgan fingerprint density at radius 1 is 1.20 bits per heavy atom. The van der Waals surface area contributed by atoms with Crippen molar-refractivity contribution in [2.75, 3.05) is 11.1 Å². The van der Waals surface area contributed by atoms with Crippen molar-refractivity contribution in [3.05, 3.63) is 63.5 Å². The number of hydrogen-bond acceptors (Lipinski definition) is 3. The van der Waals surface area contributed by atoms with Crippen molar-refractivity contribution >= 4 is 45.2 Å². The molecule has 2 aromatic carbocycles. The number of anilines is 1. The summed E-state index contributed by atoms with van der Waals surface area (Å²) in [5.74, 6) is 0.715. The van der Waals surface area contributed by atoms with Crippen molar-refractivity contribution in [2.24, 2.45) is 4.99 Å². The van der Waals surface area contributed by atoms with E-state index in [4.69, 9.17) is 0 Å². The molecule has 0 bridgehead atoms. The standard InChI is InChI=1S/C15H12FIN2S/c16-11-6-7-13(12(17)8-11)18-15-19-14(9-20-15)10-4-2-1-3-5-10/h1-8,14H,9H2,(H,18,19). The molecule has 0 spiro atoms. The fraction of sp³-hybridized carbons (Fsp3) is 0.133. The Morgan fingerprint density at radius 2 is 2.00 bits per heavy atom. The fourth-order valence-electron chi connectivity index (χ4n) is 1.99. The molecule has 1 N–H and O–H groups in total. The minimum absolute atomic E-state index is 0.196. The van der Waals surface area contributed by atoms with Crippen LogP contribution in [0.5, 0.6) is 0 Å². The molecule has 3 rings (SSSR count). The molecular weight excluding hydrogens is 386 g/mol. The van der Waals surface area contributed by atoms with Gasteiger partial charge in [-0.25, -0.2) is 4.39 Å². The Kier molecular flexibility index (Phi) is 4.26. The van der Waals surface area contributed by atoms with Gasteiger partial charge in [0.2, 0.25) is 0 Å². The van der Waals surface area contributed by atoms with Gasteiger partial charge >= 0.3 is 0 Å². The molecule has 0 saturated heterocycles. The Hall–Kier alpha value is -1.08. The van der Waals surface area contributed by atoms with Gasteiger partial charge < -0.3 is 5.32 Å². The molecular formula is C15H12FIN2S. The first-order chi connectivity index (χ1) is 9.72. The Balaban J connectivity index is 1.76. The van der Waals surface area contributed by atoms with Crippen molar-refractivity contribution < 1.29 is 4.39 Å². The van der Waals surface area contributed by atoms with E-state index in [1.807, 2.05) is 18.2 Å². The summed E-state index contributed by atoms with van der Waals surface area (Å²) in [4.78, 5) is 4.69. The minimum atomic E-state index is -0.219. The first-order valence-electron chi connectivity index (χ1n) is 6.20. The summed E-state index contributed by atoms with van der Waals surface area (Å²) in [5, 5.41) is 4.17. The van der Waals surface area contributed by atoms with E-state index >= 15 is 0 Å². The first kappa shape index (κ1) is 13.9.